The lowest BCUT2D eigenvalue weighted by Gasteiger charge is -2.39. The molecule has 0 bridgehead atoms. The van der Waals surface area contributed by atoms with Crippen molar-refractivity contribution < 1.29 is 4.39 Å². The van der Waals surface area contributed by atoms with Gasteiger partial charge in [-0.15, -0.1) is 0 Å². The molecular weight excluding hydrogens is 263 g/mol. The van der Waals surface area contributed by atoms with Gasteiger partial charge >= 0.3 is 0 Å². The molecule has 2 unspecified atom stereocenters. The van der Waals surface area contributed by atoms with Crippen LogP contribution in [0.2, 0.25) is 0 Å². The van der Waals surface area contributed by atoms with Crippen LogP contribution >= 0.6 is 0 Å². The molecule has 0 aromatic heterocycles. The van der Waals surface area contributed by atoms with Crippen LogP contribution in [0, 0.1) is 11.7 Å². The van der Waals surface area contributed by atoms with Gasteiger partial charge in [-0.3, -0.25) is 0 Å². The first-order valence-electron chi connectivity index (χ1n) is 8.43. The van der Waals surface area contributed by atoms with E-state index in [1.165, 1.54) is 32.1 Å². The lowest BCUT2D eigenvalue weighted by atomic mass is 9.91. The van der Waals surface area contributed by atoms with Crippen LogP contribution < -0.4 is 10.2 Å². The van der Waals surface area contributed by atoms with Crippen LogP contribution in [-0.2, 0) is 6.54 Å². The van der Waals surface area contributed by atoms with Crippen LogP contribution in [0.5, 0.6) is 0 Å². The molecule has 1 aliphatic heterocycles. The van der Waals surface area contributed by atoms with E-state index in [9.17, 15) is 4.39 Å². The van der Waals surface area contributed by atoms with Crippen molar-refractivity contribution in [3.8, 4) is 0 Å². The van der Waals surface area contributed by atoms with Crippen molar-refractivity contribution in [1.29, 1.82) is 0 Å². The van der Waals surface area contributed by atoms with Crippen LogP contribution in [0.4, 0.5) is 10.1 Å². The number of nitrogens with zero attached hydrogens (tertiary/aromatic N) is 1. The minimum Gasteiger partial charge on any atom is -0.366 e. The maximum absolute atomic E-state index is 14.5. The highest BCUT2D eigenvalue weighted by molar-refractivity contribution is 5.51. The Bertz CT molecular complexity index is 486. The number of rotatable bonds is 4. The Kier molecular flexibility index (Phi) is 4.48. The van der Waals surface area contributed by atoms with Gasteiger partial charge in [-0.2, -0.15) is 0 Å². The number of nitrogens with one attached hydrogen (secondary N) is 1. The quantitative estimate of drug-likeness (QED) is 0.898. The maximum atomic E-state index is 14.5. The fraction of sp³-hybridized carbons (Fsp3) is 0.667. The molecule has 2 aliphatic rings. The molecule has 0 amide bonds. The highest BCUT2D eigenvalue weighted by Crippen LogP contribution is 2.39. The van der Waals surface area contributed by atoms with E-state index in [2.05, 4.69) is 30.1 Å². The molecular formula is C18H27FN2. The van der Waals surface area contributed by atoms with Crippen molar-refractivity contribution in [2.45, 2.75) is 64.6 Å². The standard InChI is InChI=1S/C18H27FN2/c1-13(2)20-12-14-8-9-18(16(19)11-14)21-10-4-6-15-5-3-7-17(15)21/h8-9,11,13,15,17,20H,3-7,10,12H2,1-2H3. The highest BCUT2D eigenvalue weighted by atomic mass is 19.1. The van der Waals surface area contributed by atoms with Crippen molar-refractivity contribution in [2.75, 3.05) is 11.4 Å². The molecule has 2 atom stereocenters. The zero-order chi connectivity index (χ0) is 14.8. The van der Waals surface area contributed by atoms with Gasteiger partial charge in [0.1, 0.15) is 5.82 Å². The summed E-state index contributed by atoms with van der Waals surface area (Å²) in [5.41, 5.74) is 1.85. The summed E-state index contributed by atoms with van der Waals surface area (Å²) in [4.78, 5) is 2.34. The summed E-state index contributed by atoms with van der Waals surface area (Å²) in [5, 5.41) is 3.34. The Morgan fingerprint density at radius 3 is 2.81 bits per heavy atom. The van der Waals surface area contributed by atoms with Crippen molar-refractivity contribution in [3.05, 3.63) is 29.6 Å². The van der Waals surface area contributed by atoms with E-state index in [0.29, 0.717) is 12.1 Å². The second-order valence-electron chi connectivity index (χ2n) is 6.92. The van der Waals surface area contributed by atoms with Gasteiger partial charge in [-0.05, 0) is 49.3 Å². The molecule has 3 rings (SSSR count). The van der Waals surface area contributed by atoms with E-state index in [1.807, 2.05) is 6.07 Å². The van der Waals surface area contributed by atoms with Gasteiger partial charge < -0.3 is 10.2 Å². The van der Waals surface area contributed by atoms with Crippen molar-refractivity contribution in [3.63, 3.8) is 0 Å². The molecule has 2 nitrogen and oxygen atoms in total. The van der Waals surface area contributed by atoms with Gasteiger partial charge in [-0.25, -0.2) is 4.39 Å². The fourth-order valence-electron chi connectivity index (χ4n) is 3.97. The molecule has 1 aliphatic carbocycles. The molecule has 1 saturated heterocycles. The average molecular weight is 290 g/mol. The minimum atomic E-state index is -0.0504. The molecule has 0 radical (unpaired) electrons. The van der Waals surface area contributed by atoms with Crippen molar-refractivity contribution >= 4 is 5.69 Å². The summed E-state index contributed by atoms with van der Waals surface area (Å²) in [7, 11) is 0. The van der Waals surface area contributed by atoms with Crippen LogP contribution in [0.1, 0.15) is 51.5 Å². The van der Waals surface area contributed by atoms with Gasteiger partial charge in [0.25, 0.3) is 0 Å². The molecule has 116 valence electrons. The van der Waals surface area contributed by atoms with E-state index in [4.69, 9.17) is 0 Å². The van der Waals surface area contributed by atoms with Crippen molar-refractivity contribution in [2.24, 2.45) is 5.92 Å². The molecule has 21 heavy (non-hydrogen) atoms. The van der Waals surface area contributed by atoms with Gasteiger partial charge in [-0.1, -0.05) is 26.3 Å². The molecule has 2 fully saturated rings. The third-order valence-corrected chi connectivity index (χ3v) is 5.03. The van der Waals surface area contributed by atoms with E-state index in [1.54, 1.807) is 6.07 Å². The van der Waals surface area contributed by atoms with Crippen molar-refractivity contribution in [1.82, 2.24) is 5.32 Å². The summed E-state index contributed by atoms with van der Waals surface area (Å²) in [5.74, 6) is 0.742. The second-order valence-corrected chi connectivity index (χ2v) is 6.92. The molecule has 1 aromatic carbocycles. The summed E-state index contributed by atoms with van der Waals surface area (Å²) < 4.78 is 14.5. The molecule has 3 heteroatoms. The Labute approximate surface area is 127 Å². The Morgan fingerprint density at radius 1 is 1.24 bits per heavy atom. The van der Waals surface area contributed by atoms with E-state index >= 15 is 0 Å². The molecule has 1 N–H and O–H groups in total. The SMILES string of the molecule is CC(C)NCc1ccc(N2CCCC3CCCC32)c(F)c1. The predicted molar refractivity (Wildman–Crippen MR) is 86.1 cm³/mol. The van der Waals surface area contributed by atoms with E-state index < -0.39 is 0 Å². The predicted octanol–water partition coefficient (Wildman–Crippen LogP) is 4.09. The summed E-state index contributed by atoms with van der Waals surface area (Å²) in [6.07, 6.45) is 6.42. The minimum absolute atomic E-state index is 0.0504. The van der Waals surface area contributed by atoms with Crippen LogP contribution in [0.3, 0.4) is 0 Å². The van der Waals surface area contributed by atoms with E-state index in [0.717, 1.165) is 30.3 Å². The third kappa shape index (κ3) is 3.23. The zero-order valence-electron chi connectivity index (χ0n) is 13.2. The molecule has 1 saturated carbocycles. The number of piperidine rings is 1. The monoisotopic (exact) mass is 290 g/mol. The molecule has 1 heterocycles. The van der Waals surface area contributed by atoms with Gasteiger partial charge in [0, 0.05) is 25.2 Å². The summed E-state index contributed by atoms with van der Waals surface area (Å²) in [6.45, 7) is 5.97. The maximum Gasteiger partial charge on any atom is 0.146 e. The summed E-state index contributed by atoms with van der Waals surface area (Å²) >= 11 is 0. The number of hydrogen-bond donors (Lipinski definition) is 1. The third-order valence-electron chi connectivity index (χ3n) is 5.03. The molecule has 0 spiro atoms. The normalized spacial score (nSPS) is 25.4. The van der Waals surface area contributed by atoms with E-state index in [-0.39, 0.29) is 5.82 Å². The van der Waals surface area contributed by atoms with Crippen LogP contribution in [0.25, 0.3) is 0 Å². The zero-order valence-corrected chi connectivity index (χ0v) is 13.2. The largest absolute Gasteiger partial charge is 0.366 e. The summed E-state index contributed by atoms with van der Waals surface area (Å²) in [6, 6.07) is 6.78. The number of hydrogen-bond acceptors (Lipinski definition) is 2. The van der Waals surface area contributed by atoms with Gasteiger partial charge in [0.05, 0.1) is 5.69 Å². The number of benzene rings is 1. The lowest BCUT2D eigenvalue weighted by Crippen LogP contribution is -2.43. The average Bonchev–Trinajstić information content (AvgIpc) is 2.94. The molecule has 1 aromatic rings. The number of anilines is 1. The Morgan fingerprint density at radius 2 is 2.05 bits per heavy atom. The first kappa shape index (κ1) is 14.8. The lowest BCUT2D eigenvalue weighted by molar-refractivity contribution is 0.359. The number of halogens is 1. The topological polar surface area (TPSA) is 15.3 Å². The van der Waals surface area contributed by atoms with Crippen LogP contribution in [-0.4, -0.2) is 18.6 Å². The first-order chi connectivity index (χ1) is 10.1. The smallest absolute Gasteiger partial charge is 0.146 e. The van der Waals surface area contributed by atoms with Crippen LogP contribution in [0.15, 0.2) is 18.2 Å². The van der Waals surface area contributed by atoms with Gasteiger partial charge in [0.2, 0.25) is 0 Å². The Hall–Kier alpha value is -1.09. The highest BCUT2D eigenvalue weighted by Gasteiger charge is 2.35. The number of fused-ring (bicyclic) bond motifs is 1. The Balaban J connectivity index is 1.75. The van der Waals surface area contributed by atoms with Gasteiger partial charge in [0.15, 0.2) is 0 Å². The fourth-order valence-corrected chi connectivity index (χ4v) is 3.97. The first-order valence-corrected chi connectivity index (χ1v) is 8.43. The second kappa shape index (κ2) is 6.35.